The fourth-order valence-electron chi connectivity index (χ4n) is 1.36. The van der Waals surface area contributed by atoms with Crippen molar-refractivity contribution in [3.63, 3.8) is 0 Å². The monoisotopic (exact) mass is 314 g/mol. The molecule has 2 aromatic heterocycles. The fourth-order valence-corrected chi connectivity index (χ4v) is 2.41. The van der Waals surface area contributed by atoms with E-state index in [2.05, 4.69) is 19.7 Å². The molecular formula is C11H11ClN4O3S. The molecule has 0 aliphatic carbocycles. The molecule has 0 unspecified atom stereocenters. The highest BCUT2D eigenvalue weighted by Gasteiger charge is 2.18. The molecular weight excluding hydrogens is 304 g/mol. The third kappa shape index (κ3) is 3.34. The highest BCUT2D eigenvalue weighted by molar-refractivity contribution is 7.92. The molecule has 0 spiro atoms. The Morgan fingerprint density at radius 2 is 2.00 bits per heavy atom. The Bertz CT molecular complexity index is 691. The van der Waals surface area contributed by atoms with Crippen molar-refractivity contribution >= 4 is 27.3 Å². The Morgan fingerprint density at radius 3 is 2.65 bits per heavy atom. The van der Waals surface area contributed by atoms with Gasteiger partial charge in [-0.25, -0.2) is 23.4 Å². The molecule has 2 aromatic rings. The predicted octanol–water partition coefficient (Wildman–Crippen LogP) is 1.72. The van der Waals surface area contributed by atoms with Gasteiger partial charge in [0.15, 0.2) is 0 Å². The van der Waals surface area contributed by atoms with E-state index in [9.17, 15) is 8.42 Å². The molecule has 0 atom stereocenters. The molecule has 0 bridgehead atoms. The van der Waals surface area contributed by atoms with Gasteiger partial charge in [0.1, 0.15) is 10.6 Å². The summed E-state index contributed by atoms with van der Waals surface area (Å²) < 4.78 is 31.9. The zero-order valence-corrected chi connectivity index (χ0v) is 12.0. The molecule has 106 valence electrons. The highest BCUT2D eigenvalue weighted by atomic mass is 35.5. The van der Waals surface area contributed by atoms with E-state index in [1.54, 1.807) is 19.1 Å². The number of anilines is 1. The molecule has 20 heavy (non-hydrogen) atoms. The van der Waals surface area contributed by atoms with Crippen molar-refractivity contribution in [3.05, 3.63) is 36.0 Å². The largest absolute Gasteiger partial charge is 0.476 e. The summed E-state index contributed by atoms with van der Waals surface area (Å²) in [7, 11) is -3.82. The van der Waals surface area contributed by atoms with Crippen molar-refractivity contribution in [1.82, 2.24) is 15.0 Å². The van der Waals surface area contributed by atoms with Crippen LogP contribution in [-0.2, 0) is 10.0 Å². The van der Waals surface area contributed by atoms with E-state index in [0.717, 1.165) is 12.4 Å². The van der Waals surface area contributed by atoms with E-state index >= 15 is 0 Å². The van der Waals surface area contributed by atoms with Crippen LogP contribution in [0.5, 0.6) is 5.88 Å². The minimum absolute atomic E-state index is 0.0275. The third-order valence-electron chi connectivity index (χ3n) is 2.20. The number of hydrogen-bond donors (Lipinski definition) is 1. The van der Waals surface area contributed by atoms with Crippen LogP contribution in [0.4, 0.5) is 5.69 Å². The van der Waals surface area contributed by atoms with E-state index in [-0.39, 0.29) is 21.7 Å². The first-order valence-electron chi connectivity index (χ1n) is 5.61. The van der Waals surface area contributed by atoms with Gasteiger partial charge in [0, 0.05) is 6.20 Å². The zero-order valence-electron chi connectivity index (χ0n) is 10.4. The van der Waals surface area contributed by atoms with Gasteiger partial charge in [-0.3, -0.25) is 4.72 Å². The van der Waals surface area contributed by atoms with Gasteiger partial charge in [0.05, 0.1) is 19.0 Å². The summed E-state index contributed by atoms with van der Waals surface area (Å²) in [6, 6.07) is 3.14. The number of nitrogens with zero attached hydrogens (tertiary/aromatic N) is 3. The Hall–Kier alpha value is -1.93. The van der Waals surface area contributed by atoms with E-state index in [1.165, 1.54) is 6.20 Å². The maximum atomic E-state index is 12.2. The van der Waals surface area contributed by atoms with Gasteiger partial charge < -0.3 is 4.74 Å². The van der Waals surface area contributed by atoms with Gasteiger partial charge in [0.2, 0.25) is 11.2 Å². The van der Waals surface area contributed by atoms with Crippen LogP contribution in [0.15, 0.2) is 35.6 Å². The molecule has 0 saturated carbocycles. The van der Waals surface area contributed by atoms with Crippen LogP contribution < -0.4 is 9.46 Å². The Balaban J connectivity index is 2.31. The van der Waals surface area contributed by atoms with Crippen LogP contribution in [0.3, 0.4) is 0 Å². The molecule has 0 saturated heterocycles. The summed E-state index contributed by atoms with van der Waals surface area (Å²) in [5.74, 6) is 0.202. The maximum absolute atomic E-state index is 12.2. The zero-order chi connectivity index (χ0) is 14.6. The Labute approximate surface area is 121 Å². The summed E-state index contributed by atoms with van der Waals surface area (Å²) >= 11 is 5.52. The molecule has 0 aliphatic rings. The maximum Gasteiger partial charge on any atom is 0.265 e. The molecule has 1 N–H and O–H groups in total. The lowest BCUT2D eigenvalue weighted by Gasteiger charge is -2.11. The first kappa shape index (κ1) is 14.5. The summed E-state index contributed by atoms with van der Waals surface area (Å²) in [5, 5.41) is -0.0275. The fraction of sp³-hybridized carbons (Fsp3) is 0.182. The molecule has 0 radical (unpaired) electrons. The van der Waals surface area contributed by atoms with Crippen LogP contribution >= 0.6 is 11.6 Å². The topological polar surface area (TPSA) is 94.1 Å². The SMILES string of the molecule is CCOc1ncccc1NS(=O)(=O)c1cnc(Cl)nc1. The van der Waals surface area contributed by atoms with E-state index in [0.29, 0.717) is 6.61 Å². The van der Waals surface area contributed by atoms with Crippen LogP contribution in [0, 0.1) is 0 Å². The smallest absolute Gasteiger partial charge is 0.265 e. The third-order valence-corrected chi connectivity index (χ3v) is 3.72. The number of pyridine rings is 1. The summed E-state index contributed by atoms with van der Waals surface area (Å²) in [6.07, 6.45) is 3.75. The summed E-state index contributed by atoms with van der Waals surface area (Å²) in [5.41, 5.74) is 0.240. The standard InChI is InChI=1S/C11H11ClN4O3S/c1-2-19-10-9(4-3-5-13-10)16-20(17,18)8-6-14-11(12)15-7-8/h3-7,16H,2H2,1H3. The van der Waals surface area contributed by atoms with Crippen molar-refractivity contribution in [2.24, 2.45) is 0 Å². The minimum Gasteiger partial charge on any atom is -0.476 e. The number of halogens is 1. The van der Waals surface area contributed by atoms with Crippen LogP contribution in [0.1, 0.15) is 6.92 Å². The van der Waals surface area contributed by atoms with Gasteiger partial charge in [-0.15, -0.1) is 0 Å². The molecule has 0 aliphatic heterocycles. The lowest BCUT2D eigenvalue weighted by atomic mass is 10.4. The lowest BCUT2D eigenvalue weighted by Crippen LogP contribution is -2.15. The van der Waals surface area contributed by atoms with Gasteiger partial charge >= 0.3 is 0 Å². The average Bonchev–Trinajstić information content (AvgIpc) is 2.41. The van der Waals surface area contributed by atoms with Crippen molar-refractivity contribution < 1.29 is 13.2 Å². The van der Waals surface area contributed by atoms with Crippen LogP contribution in [0.2, 0.25) is 5.28 Å². The van der Waals surface area contributed by atoms with Crippen molar-refractivity contribution in [2.75, 3.05) is 11.3 Å². The molecule has 2 rings (SSSR count). The number of rotatable bonds is 5. The molecule has 0 amide bonds. The molecule has 0 fully saturated rings. The Morgan fingerprint density at radius 1 is 1.30 bits per heavy atom. The van der Waals surface area contributed by atoms with E-state index < -0.39 is 10.0 Å². The second kappa shape index (κ2) is 6.02. The van der Waals surface area contributed by atoms with E-state index in [1.807, 2.05) is 0 Å². The van der Waals surface area contributed by atoms with Crippen molar-refractivity contribution in [1.29, 1.82) is 0 Å². The van der Waals surface area contributed by atoms with Crippen LogP contribution in [-0.4, -0.2) is 30.0 Å². The predicted molar refractivity (Wildman–Crippen MR) is 73.3 cm³/mol. The lowest BCUT2D eigenvalue weighted by molar-refractivity contribution is 0.329. The van der Waals surface area contributed by atoms with Crippen LogP contribution in [0.25, 0.3) is 0 Å². The van der Waals surface area contributed by atoms with Gasteiger partial charge in [0.25, 0.3) is 10.0 Å². The number of aromatic nitrogens is 3. The number of nitrogens with one attached hydrogen (secondary N) is 1. The Kier molecular flexibility index (Phi) is 4.35. The van der Waals surface area contributed by atoms with Crippen molar-refractivity contribution in [2.45, 2.75) is 11.8 Å². The van der Waals surface area contributed by atoms with Gasteiger partial charge in [-0.1, -0.05) is 0 Å². The number of sulfonamides is 1. The summed E-state index contributed by atoms with van der Waals surface area (Å²) in [4.78, 5) is 11.1. The highest BCUT2D eigenvalue weighted by Crippen LogP contribution is 2.23. The number of ether oxygens (including phenoxy) is 1. The van der Waals surface area contributed by atoms with Gasteiger partial charge in [-0.05, 0) is 30.7 Å². The van der Waals surface area contributed by atoms with Gasteiger partial charge in [-0.2, -0.15) is 0 Å². The molecule has 2 heterocycles. The molecule has 9 heteroatoms. The minimum atomic E-state index is -3.82. The molecule has 0 aromatic carbocycles. The van der Waals surface area contributed by atoms with Crippen molar-refractivity contribution in [3.8, 4) is 5.88 Å². The normalized spacial score (nSPS) is 11.1. The first-order valence-corrected chi connectivity index (χ1v) is 7.47. The summed E-state index contributed by atoms with van der Waals surface area (Å²) in [6.45, 7) is 2.15. The molecule has 7 nitrogen and oxygen atoms in total. The number of hydrogen-bond acceptors (Lipinski definition) is 6. The second-order valence-electron chi connectivity index (χ2n) is 3.58. The first-order chi connectivity index (χ1) is 9.53. The quantitative estimate of drug-likeness (QED) is 0.845. The average molecular weight is 315 g/mol. The second-order valence-corrected chi connectivity index (χ2v) is 5.60. The van der Waals surface area contributed by atoms with E-state index in [4.69, 9.17) is 16.3 Å².